The summed E-state index contributed by atoms with van der Waals surface area (Å²) in [6, 6.07) is 8.77. The van der Waals surface area contributed by atoms with Crippen molar-refractivity contribution in [3.63, 3.8) is 0 Å². The van der Waals surface area contributed by atoms with Crippen molar-refractivity contribution in [2.24, 2.45) is 5.41 Å². The minimum absolute atomic E-state index is 0.0615. The normalized spacial score (nSPS) is 11.6. The number of fused-ring (bicyclic) bond motifs is 1. The number of hydrogen-bond donors (Lipinski definition) is 1. The van der Waals surface area contributed by atoms with E-state index < -0.39 is 5.41 Å². The quantitative estimate of drug-likeness (QED) is 0.731. The molecule has 0 unspecified atom stereocenters. The van der Waals surface area contributed by atoms with Gasteiger partial charge in [0.2, 0.25) is 5.91 Å². The van der Waals surface area contributed by atoms with Crippen LogP contribution in [0.4, 0.5) is 5.69 Å². The highest BCUT2D eigenvalue weighted by molar-refractivity contribution is 5.96. The molecule has 3 aromatic rings. The van der Waals surface area contributed by atoms with Crippen LogP contribution < -0.4 is 15.2 Å². The number of anilines is 1. The Balaban J connectivity index is 1.99. The minimum Gasteiger partial charge on any atom is -0.494 e. The molecular formula is C20H25N5O3. The first kappa shape index (κ1) is 19.6. The number of hydrogen-bond acceptors (Lipinski definition) is 5. The van der Waals surface area contributed by atoms with Crippen molar-refractivity contribution in [3.8, 4) is 5.75 Å². The van der Waals surface area contributed by atoms with Gasteiger partial charge in [-0.25, -0.2) is 4.98 Å². The van der Waals surface area contributed by atoms with Crippen molar-refractivity contribution in [1.29, 1.82) is 0 Å². The van der Waals surface area contributed by atoms with Gasteiger partial charge in [0.25, 0.3) is 11.3 Å². The first-order valence-corrected chi connectivity index (χ1v) is 9.19. The number of carbonyl (C=O) groups excluding carboxylic acids is 1. The SMILES string of the molecule is CCOc1ccc(N(Cc2nc3nc(C)cc(=O)n3[nH]2)C(=O)C(C)(C)C)cc1. The zero-order valence-electron chi connectivity index (χ0n) is 16.8. The molecule has 1 amide bonds. The molecule has 0 saturated carbocycles. The van der Waals surface area contributed by atoms with Gasteiger partial charge in [-0.15, -0.1) is 0 Å². The molecule has 8 heteroatoms. The summed E-state index contributed by atoms with van der Waals surface area (Å²) in [5.41, 5.74) is 0.490. The summed E-state index contributed by atoms with van der Waals surface area (Å²) in [6.45, 7) is 10.0. The van der Waals surface area contributed by atoms with Crippen LogP contribution in [0.15, 0.2) is 35.1 Å². The van der Waals surface area contributed by atoms with E-state index in [9.17, 15) is 9.59 Å². The van der Waals surface area contributed by atoms with Gasteiger partial charge in [-0.1, -0.05) is 20.8 Å². The molecule has 148 valence electrons. The average Bonchev–Trinajstić information content (AvgIpc) is 3.02. The highest BCUT2D eigenvalue weighted by atomic mass is 16.5. The molecule has 0 bridgehead atoms. The number of nitrogens with zero attached hydrogens (tertiary/aromatic N) is 4. The van der Waals surface area contributed by atoms with E-state index in [2.05, 4.69) is 15.1 Å². The fourth-order valence-electron chi connectivity index (χ4n) is 2.83. The van der Waals surface area contributed by atoms with Gasteiger partial charge in [0.15, 0.2) is 0 Å². The van der Waals surface area contributed by atoms with Gasteiger partial charge < -0.3 is 9.64 Å². The molecule has 0 atom stereocenters. The van der Waals surface area contributed by atoms with Crippen LogP contribution in [-0.2, 0) is 11.3 Å². The number of aromatic amines is 1. The largest absolute Gasteiger partial charge is 0.494 e. The Kier molecular flexibility index (Phi) is 5.22. The number of benzene rings is 1. The summed E-state index contributed by atoms with van der Waals surface area (Å²) in [6.07, 6.45) is 0. The first-order chi connectivity index (χ1) is 13.2. The van der Waals surface area contributed by atoms with Gasteiger partial charge >= 0.3 is 0 Å². The van der Waals surface area contributed by atoms with Crippen molar-refractivity contribution in [2.75, 3.05) is 11.5 Å². The highest BCUT2D eigenvalue weighted by Gasteiger charge is 2.29. The van der Waals surface area contributed by atoms with Crippen LogP contribution >= 0.6 is 0 Å². The number of H-pyrrole nitrogens is 1. The van der Waals surface area contributed by atoms with Gasteiger partial charge in [0.1, 0.15) is 11.6 Å². The van der Waals surface area contributed by atoms with E-state index in [1.165, 1.54) is 10.6 Å². The van der Waals surface area contributed by atoms with Crippen molar-refractivity contribution in [3.05, 3.63) is 52.2 Å². The number of aromatic nitrogens is 4. The van der Waals surface area contributed by atoms with Crippen molar-refractivity contribution in [2.45, 2.75) is 41.2 Å². The molecule has 0 aliphatic heterocycles. The Bertz CT molecular complexity index is 1040. The topological polar surface area (TPSA) is 92.6 Å². The van der Waals surface area contributed by atoms with Crippen LogP contribution in [0.25, 0.3) is 5.78 Å². The standard InChI is InChI=1S/C20H25N5O3/c1-6-28-15-9-7-14(8-10-15)24(18(27)20(3,4)5)12-16-22-19-21-13(2)11-17(26)25(19)23-16/h7-11H,6,12H2,1-5H3,(H,21,22,23). The predicted octanol–water partition coefficient (Wildman–Crippen LogP) is 2.70. The van der Waals surface area contributed by atoms with E-state index in [0.29, 0.717) is 18.1 Å². The fourth-order valence-corrected chi connectivity index (χ4v) is 2.83. The van der Waals surface area contributed by atoms with Crippen molar-refractivity contribution >= 4 is 17.4 Å². The summed E-state index contributed by atoms with van der Waals surface area (Å²) in [5, 5.41) is 2.94. The molecule has 1 aromatic carbocycles. The summed E-state index contributed by atoms with van der Waals surface area (Å²) in [4.78, 5) is 35.5. The lowest BCUT2D eigenvalue weighted by Gasteiger charge is -2.29. The minimum atomic E-state index is -0.587. The van der Waals surface area contributed by atoms with Crippen LogP contribution in [0.2, 0.25) is 0 Å². The molecule has 2 aromatic heterocycles. The molecule has 1 N–H and O–H groups in total. The molecular weight excluding hydrogens is 358 g/mol. The molecule has 0 spiro atoms. The summed E-state index contributed by atoms with van der Waals surface area (Å²) < 4.78 is 6.76. The average molecular weight is 383 g/mol. The van der Waals surface area contributed by atoms with Gasteiger partial charge in [-0.05, 0) is 38.1 Å². The zero-order chi connectivity index (χ0) is 20.5. The fraction of sp³-hybridized carbons (Fsp3) is 0.400. The lowest BCUT2D eigenvalue weighted by atomic mass is 9.94. The second kappa shape index (κ2) is 7.46. The van der Waals surface area contributed by atoms with Gasteiger partial charge in [0, 0.05) is 22.9 Å². The van der Waals surface area contributed by atoms with Crippen LogP contribution in [0.3, 0.4) is 0 Å². The molecule has 8 nitrogen and oxygen atoms in total. The lowest BCUT2D eigenvalue weighted by molar-refractivity contribution is -0.125. The third kappa shape index (κ3) is 4.05. The van der Waals surface area contributed by atoms with E-state index in [4.69, 9.17) is 4.74 Å². The maximum Gasteiger partial charge on any atom is 0.274 e. The summed E-state index contributed by atoms with van der Waals surface area (Å²) in [5.74, 6) is 1.44. The van der Waals surface area contributed by atoms with Gasteiger partial charge in [-0.3, -0.25) is 14.7 Å². The first-order valence-electron chi connectivity index (χ1n) is 9.19. The summed E-state index contributed by atoms with van der Waals surface area (Å²) >= 11 is 0. The Labute approximate surface area is 163 Å². The highest BCUT2D eigenvalue weighted by Crippen LogP contribution is 2.26. The second-order valence-electron chi connectivity index (χ2n) is 7.61. The number of aryl methyl sites for hydroxylation is 1. The molecule has 0 radical (unpaired) electrons. The van der Waals surface area contributed by atoms with E-state index in [0.717, 1.165) is 11.4 Å². The lowest BCUT2D eigenvalue weighted by Crippen LogP contribution is -2.39. The van der Waals surface area contributed by atoms with E-state index in [1.807, 2.05) is 52.0 Å². The van der Waals surface area contributed by atoms with E-state index >= 15 is 0 Å². The molecule has 0 fully saturated rings. The van der Waals surface area contributed by atoms with Gasteiger partial charge in [0.05, 0.1) is 13.2 Å². The third-order valence-electron chi connectivity index (χ3n) is 4.16. The summed E-state index contributed by atoms with van der Waals surface area (Å²) in [7, 11) is 0. The maximum absolute atomic E-state index is 13.1. The van der Waals surface area contributed by atoms with Crippen molar-refractivity contribution in [1.82, 2.24) is 19.6 Å². The van der Waals surface area contributed by atoms with Crippen LogP contribution in [-0.4, -0.2) is 32.1 Å². The predicted molar refractivity (Wildman–Crippen MR) is 107 cm³/mol. The Morgan fingerprint density at radius 3 is 2.50 bits per heavy atom. The second-order valence-corrected chi connectivity index (χ2v) is 7.61. The molecule has 0 aliphatic rings. The van der Waals surface area contributed by atoms with E-state index in [-0.39, 0.29) is 23.8 Å². The Morgan fingerprint density at radius 2 is 1.89 bits per heavy atom. The number of carbonyl (C=O) groups is 1. The molecule has 2 heterocycles. The molecule has 0 saturated heterocycles. The number of nitrogens with one attached hydrogen (secondary N) is 1. The molecule has 3 rings (SSSR count). The van der Waals surface area contributed by atoms with Crippen LogP contribution in [0.1, 0.15) is 39.2 Å². The maximum atomic E-state index is 13.1. The van der Waals surface area contributed by atoms with Gasteiger partial charge in [-0.2, -0.15) is 9.50 Å². The van der Waals surface area contributed by atoms with Crippen LogP contribution in [0.5, 0.6) is 5.75 Å². The third-order valence-corrected chi connectivity index (χ3v) is 4.16. The molecule has 0 aliphatic carbocycles. The number of rotatable bonds is 5. The monoisotopic (exact) mass is 383 g/mol. The molecule has 28 heavy (non-hydrogen) atoms. The number of amides is 1. The zero-order valence-corrected chi connectivity index (χ0v) is 16.8. The van der Waals surface area contributed by atoms with E-state index in [1.54, 1.807) is 11.8 Å². The number of ether oxygens (including phenoxy) is 1. The van der Waals surface area contributed by atoms with Crippen molar-refractivity contribution < 1.29 is 9.53 Å². The smallest absolute Gasteiger partial charge is 0.274 e. The Hall–Kier alpha value is -3.16. The van der Waals surface area contributed by atoms with Crippen LogP contribution in [0, 0.1) is 12.3 Å². The Morgan fingerprint density at radius 1 is 1.21 bits per heavy atom.